The summed E-state index contributed by atoms with van der Waals surface area (Å²) in [6, 6.07) is 1.09. The first kappa shape index (κ1) is 9.83. The van der Waals surface area contributed by atoms with Crippen molar-refractivity contribution in [2.24, 2.45) is 5.92 Å². The van der Waals surface area contributed by atoms with Gasteiger partial charge in [-0.25, -0.2) is 0 Å². The number of carbonyl (C=O) groups is 1. The van der Waals surface area contributed by atoms with Crippen molar-refractivity contribution in [1.29, 1.82) is 0 Å². The van der Waals surface area contributed by atoms with Gasteiger partial charge in [0.1, 0.15) is 5.78 Å². The maximum atomic E-state index is 11.9. The smallest absolute Gasteiger partial charge is 0.149 e. The first-order chi connectivity index (χ1) is 7.34. The van der Waals surface area contributed by atoms with E-state index in [1.165, 1.54) is 38.6 Å². The fourth-order valence-corrected chi connectivity index (χ4v) is 2.85. The van der Waals surface area contributed by atoms with Crippen molar-refractivity contribution in [3.63, 3.8) is 0 Å². The summed E-state index contributed by atoms with van der Waals surface area (Å²) in [4.78, 5) is 14.5. The van der Waals surface area contributed by atoms with Crippen LogP contribution in [0.5, 0.6) is 0 Å². The van der Waals surface area contributed by atoms with Crippen molar-refractivity contribution >= 4 is 5.78 Å². The fourth-order valence-electron chi connectivity index (χ4n) is 2.85. The third-order valence-corrected chi connectivity index (χ3v) is 4.10. The molecule has 3 aliphatic carbocycles. The Bertz CT molecular complexity index is 255. The Kier molecular flexibility index (Phi) is 2.55. The Labute approximate surface area is 92.0 Å². The second-order valence-electron chi connectivity index (χ2n) is 5.60. The van der Waals surface area contributed by atoms with Crippen LogP contribution in [-0.2, 0) is 4.79 Å². The number of nitrogens with zero attached hydrogens (tertiary/aromatic N) is 1. The van der Waals surface area contributed by atoms with E-state index in [9.17, 15) is 4.79 Å². The maximum Gasteiger partial charge on any atom is 0.149 e. The van der Waals surface area contributed by atoms with E-state index < -0.39 is 0 Å². The highest BCUT2D eigenvalue weighted by molar-refractivity contribution is 5.84. The van der Waals surface area contributed by atoms with Gasteiger partial charge >= 0.3 is 0 Å². The minimum atomic E-state index is 0.312. The van der Waals surface area contributed by atoms with E-state index >= 15 is 0 Å². The standard InChI is InChI=1S/C13H21NO/c15-13-4-2-1-3-12(13)14(11-7-8-11)9-10-5-6-10/h10-12H,1-9H2. The molecule has 3 rings (SSSR count). The number of rotatable bonds is 4. The highest BCUT2D eigenvalue weighted by Crippen LogP contribution is 2.37. The molecule has 3 saturated carbocycles. The van der Waals surface area contributed by atoms with Crippen LogP contribution in [0.4, 0.5) is 0 Å². The van der Waals surface area contributed by atoms with Crippen LogP contribution < -0.4 is 0 Å². The molecule has 3 aliphatic rings. The topological polar surface area (TPSA) is 20.3 Å². The second kappa shape index (κ2) is 3.89. The highest BCUT2D eigenvalue weighted by Gasteiger charge is 2.40. The van der Waals surface area contributed by atoms with Crippen LogP contribution in [0.3, 0.4) is 0 Å². The van der Waals surface area contributed by atoms with E-state index in [2.05, 4.69) is 4.90 Å². The number of ketones is 1. The molecule has 0 aromatic heterocycles. The first-order valence-corrected chi connectivity index (χ1v) is 6.63. The normalized spacial score (nSPS) is 32.3. The molecule has 0 spiro atoms. The molecule has 15 heavy (non-hydrogen) atoms. The van der Waals surface area contributed by atoms with Crippen molar-refractivity contribution in [3.8, 4) is 0 Å². The van der Waals surface area contributed by atoms with E-state index in [1.807, 2.05) is 0 Å². The summed E-state index contributed by atoms with van der Waals surface area (Å²) in [6.45, 7) is 1.22. The van der Waals surface area contributed by atoms with Gasteiger partial charge in [-0.15, -0.1) is 0 Å². The molecule has 84 valence electrons. The average molecular weight is 207 g/mol. The van der Waals surface area contributed by atoms with Crippen molar-refractivity contribution < 1.29 is 4.79 Å². The van der Waals surface area contributed by atoms with E-state index in [-0.39, 0.29) is 0 Å². The summed E-state index contributed by atoms with van der Waals surface area (Å²) in [7, 11) is 0. The lowest BCUT2D eigenvalue weighted by molar-refractivity contribution is -0.126. The van der Waals surface area contributed by atoms with Gasteiger partial charge in [0.15, 0.2) is 0 Å². The molecule has 0 N–H and O–H groups in total. The van der Waals surface area contributed by atoms with Crippen LogP contribution in [0, 0.1) is 5.92 Å². The fraction of sp³-hybridized carbons (Fsp3) is 0.923. The minimum absolute atomic E-state index is 0.312. The first-order valence-electron chi connectivity index (χ1n) is 6.63. The van der Waals surface area contributed by atoms with Gasteiger partial charge in [-0.05, 0) is 44.4 Å². The summed E-state index contributed by atoms with van der Waals surface area (Å²) in [5.74, 6) is 1.47. The Balaban J connectivity index is 1.65. The molecule has 0 heterocycles. The average Bonchev–Trinajstić information content (AvgIpc) is 3.10. The van der Waals surface area contributed by atoms with E-state index in [1.54, 1.807) is 0 Å². The van der Waals surface area contributed by atoms with E-state index in [0.717, 1.165) is 31.2 Å². The van der Waals surface area contributed by atoms with Gasteiger partial charge < -0.3 is 0 Å². The van der Waals surface area contributed by atoms with Crippen molar-refractivity contribution in [1.82, 2.24) is 4.90 Å². The zero-order valence-corrected chi connectivity index (χ0v) is 9.45. The molecule has 0 aromatic carbocycles. The van der Waals surface area contributed by atoms with Crippen molar-refractivity contribution in [2.75, 3.05) is 6.54 Å². The second-order valence-corrected chi connectivity index (χ2v) is 5.60. The van der Waals surface area contributed by atoms with Crippen molar-refractivity contribution in [3.05, 3.63) is 0 Å². The van der Waals surface area contributed by atoms with Gasteiger partial charge in [0.25, 0.3) is 0 Å². The number of hydrogen-bond donors (Lipinski definition) is 0. The van der Waals surface area contributed by atoms with Crippen LogP contribution in [0.1, 0.15) is 51.4 Å². The lowest BCUT2D eigenvalue weighted by atomic mass is 9.92. The molecule has 1 atom stereocenters. The largest absolute Gasteiger partial charge is 0.298 e. The Morgan fingerprint density at radius 1 is 1.07 bits per heavy atom. The third-order valence-electron chi connectivity index (χ3n) is 4.10. The molecule has 3 fully saturated rings. The predicted molar refractivity (Wildman–Crippen MR) is 59.7 cm³/mol. The summed E-state index contributed by atoms with van der Waals surface area (Å²) in [6.07, 6.45) is 9.89. The SMILES string of the molecule is O=C1CCCCC1N(CC1CC1)C1CC1. The molecular weight excluding hydrogens is 186 g/mol. The molecule has 0 aliphatic heterocycles. The lowest BCUT2D eigenvalue weighted by Gasteiger charge is -2.33. The maximum absolute atomic E-state index is 11.9. The van der Waals surface area contributed by atoms with Gasteiger partial charge in [0, 0.05) is 19.0 Å². The Hall–Kier alpha value is -0.370. The summed E-state index contributed by atoms with van der Waals surface area (Å²) < 4.78 is 0. The van der Waals surface area contributed by atoms with Crippen LogP contribution in [0.2, 0.25) is 0 Å². The number of carbonyl (C=O) groups excluding carboxylic acids is 1. The molecule has 2 heteroatoms. The number of hydrogen-bond acceptors (Lipinski definition) is 2. The third kappa shape index (κ3) is 2.25. The highest BCUT2D eigenvalue weighted by atomic mass is 16.1. The predicted octanol–water partition coefficient (Wildman–Crippen LogP) is 2.37. The van der Waals surface area contributed by atoms with Crippen LogP contribution in [-0.4, -0.2) is 29.3 Å². The van der Waals surface area contributed by atoms with E-state index in [4.69, 9.17) is 0 Å². The van der Waals surface area contributed by atoms with Crippen LogP contribution in [0.15, 0.2) is 0 Å². The molecule has 1 unspecified atom stereocenters. The van der Waals surface area contributed by atoms with Gasteiger partial charge in [0.2, 0.25) is 0 Å². The van der Waals surface area contributed by atoms with Gasteiger partial charge in [-0.1, -0.05) is 6.42 Å². The molecule has 2 nitrogen and oxygen atoms in total. The molecule has 0 saturated heterocycles. The monoisotopic (exact) mass is 207 g/mol. The molecule has 0 aromatic rings. The Morgan fingerprint density at radius 3 is 2.47 bits per heavy atom. The molecular formula is C13H21NO. The molecule has 0 amide bonds. The molecule has 0 radical (unpaired) electrons. The van der Waals surface area contributed by atoms with Gasteiger partial charge in [0.05, 0.1) is 6.04 Å². The van der Waals surface area contributed by atoms with Crippen molar-refractivity contribution in [2.45, 2.75) is 63.5 Å². The Morgan fingerprint density at radius 2 is 1.87 bits per heavy atom. The summed E-state index contributed by atoms with van der Waals surface area (Å²) in [5, 5.41) is 0. The zero-order chi connectivity index (χ0) is 10.3. The van der Waals surface area contributed by atoms with Gasteiger partial charge in [-0.2, -0.15) is 0 Å². The minimum Gasteiger partial charge on any atom is -0.298 e. The van der Waals surface area contributed by atoms with Gasteiger partial charge in [-0.3, -0.25) is 9.69 Å². The summed E-state index contributed by atoms with van der Waals surface area (Å²) in [5.41, 5.74) is 0. The number of Topliss-reactive ketones (excluding diaryl/α,β-unsaturated/α-hetero) is 1. The van der Waals surface area contributed by atoms with E-state index in [0.29, 0.717) is 11.8 Å². The quantitative estimate of drug-likeness (QED) is 0.705. The zero-order valence-electron chi connectivity index (χ0n) is 9.45. The summed E-state index contributed by atoms with van der Waals surface area (Å²) >= 11 is 0. The van der Waals surface area contributed by atoms with Crippen LogP contribution >= 0.6 is 0 Å². The lowest BCUT2D eigenvalue weighted by Crippen LogP contribution is -2.45. The van der Waals surface area contributed by atoms with Crippen LogP contribution in [0.25, 0.3) is 0 Å². The molecule has 0 bridgehead atoms.